The van der Waals surface area contributed by atoms with Crippen molar-refractivity contribution < 1.29 is 9.59 Å². The molecule has 24 heavy (non-hydrogen) atoms. The van der Waals surface area contributed by atoms with Crippen molar-refractivity contribution >= 4 is 11.8 Å². The Morgan fingerprint density at radius 1 is 1.08 bits per heavy atom. The van der Waals surface area contributed by atoms with Crippen molar-refractivity contribution in [3.63, 3.8) is 0 Å². The van der Waals surface area contributed by atoms with Gasteiger partial charge in [-0.25, -0.2) is 0 Å². The van der Waals surface area contributed by atoms with Crippen LogP contribution in [0, 0.1) is 12.8 Å². The monoisotopic (exact) mass is 329 g/mol. The van der Waals surface area contributed by atoms with Crippen molar-refractivity contribution in [3.05, 3.63) is 35.4 Å². The number of hydrogen-bond acceptors (Lipinski definition) is 3. The summed E-state index contributed by atoms with van der Waals surface area (Å²) in [5.74, 6) is 0.378. The number of hydrogen-bond donors (Lipinski definition) is 1. The van der Waals surface area contributed by atoms with E-state index in [-0.39, 0.29) is 23.8 Å². The van der Waals surface area contributed by atoms with Gasteiger partial charge in [-0.2, -0.15) is 0 Å². The number of benzene rings is 1. The molecule has 1 aromatic carbocycles. The fourth-order valence-electron chi connectivity index (χ4n) is 3.80. The Labute approximate surface area is 143 Å². The standard InChI is InChI=1S/C19H27N3O2/c1-14-4-2-5-15(12-14)18(23)21-8-3-9-22(11-10-21)19(24)16-6-7-17(20)13-16/h2,4-5,12,16-17H,3,6-11,13,20H2,1H3. The van der Waals surface area contributed by atoms with Gasteiger partial charge >= 0.3 is 0 Å². The Morgan fingerprint density at radius 2 is 1.83 bits per heavy atom. The van der Waals surface area contributed by atoms with E-state index in [1.807, 2.05) is 41.0 Å². The van der Waals surface area contributed by atoms with Crippen molar-refractivity contribution in [1.29, 1.82) is 0 Å². The molecule has 0 bridgehead atoms. The maximum atomic E-state index is 12.7. The van der Waals surface area contributed by atoms with E-state index in [1.165, 1.54) is 0 Å². The van der Waals surface area contributed by atoms with E-state index in [4.69, 9.17) is 5.73 Å². The molecule has 2 atom stereocenters. The number of aryl methyl sites for hydroxylation is 1. The fourth-order valence-corrected chi connectivity index (χ4v) is 3.80. The molecule has 1 saturated carbocycles. The molecular formula is C19H27N3O2. The first-order valence-electron chi connectivity index (χ1n) is 8.95. The van der Waals surface area contributed by atoms with Gasteiger partial charge in [-0.15, -0.1) is 0 Å². The van der Waals surface area contributed by atoms with Gasteiger partial charge in [0.1, 0.15) is 0 Å². The van der Waals surface area contributed by atoms with Crippen molar-refractivity contribution in [2.75, 3.05) is 26.2 Å². The Kier molecular flexibility index (Phi) is 5.19. The quantitative estimate of drug-likeness (QED) is 0.900. The molecule has 1 aliphatic carbocycles. The van der Waals surface area contributed by atoms with Crippen LogP contribution in [-0.4, -0.2) is 53.8 Å². The highest BCUT2D eigenvalue weighted by atomic mass is 16.2. The third-order valence-electron chi connectivity index (χ3n) is 5.18. The zero-order valence-electron chi connectivity index (χ0n) is 14.4. The average Bonchev–Trinajstić information content (AvgIpc) is 2.86. The van der Waals surface area contributed by atoms with Crippen molar-refractivity contribution in [2.45, 2.75) is 38.6 Å². The molecule has 1 aliphatic heterocycles. The normalized spacial score (nSPS) is 24.8. The van der Waals surface area contributed by atoms with Gasteiger partial charge in [0.15, 0.2) is 0 Å². The summed E-state index contributed by atoms with van der Waals surface area (Å²) in [4.78, 5) is 29.2. The van der Waals surface area contributed by atoms with Crippen LogP contribution in [0.2, 0.25) is 0 Å². The van der Waals surface area contributed by atoms with E-state index >= 15 is 0 Å². The van der Waals surface area contributed by atoms with Crippen LogP contribution in [0.1, 0.15) is 41.6 Å². The molecule has 2 fully saturated rings. The highest BCUT2D eigenvalue weighted by molar-refractivity contribution is 5.94. The van der Waals surface area contributed by atoms with E-state index in [2.05, 4.69) is 0 Å². The van der Waals surface area contributed by atoms with Gasteiger partial charge in [-0.3, -0.25) is 9.59 Å². The second-order valence-corrected chi connectivity index (χ2v) is 7.11. The summed E-state index contributed by atoms with van der Waals surface area (Å²) in [5.41, 5.74) is 7.76. The van der Waals surface area contributed by atoms with E-state index in [9.17, 15) is 9.59 Å². The van der Waals surface area contributed by atoms with E-state index in [0.717, 1.165) is 43.4 Å². The van der Waals surface area contributed by atoms with Gasteiger partial charge in [-0.05, 0) is 44.7 Å². The molecule has 2 aliphatic rings. The fraction of sp³-hybridized carbons (Fsp3) is 0.579. The van der Waals surface area contributed by atoms with Crippen LogP contribution >= 0.6 is 0 Å². The molecule has 5 nitrogen and oxygen atoms in total. The van der Waals surface area contributed by atoms with Gasteiger partial charge in [0.2, 0.25) is 5.91 Å². The zero-order valence-corrected chi connectivity index (χ0v) is 14.4. The summed E-state index contributed by atoms with van der Waals surface area (Å²) in [7, 11) is 0. The molecule has 2 unspecified atom stereocenters. The molecule has 2 amide bonds. The van der Waals surface area contributed by atoms with Crippen LogP contribution in [0.25, 0.3) is 0 Å². The highest BCUT2D eigenvalue weighted by Crippen LogP contribution is 2.26. The zero-order chi connectivity index (χ0) is 17.1. The lowest BCUT2D eigenvalue weighted by Gasteiger charge is -2.24. The number of nitrogens with zero attached hydrogens (tertiary/aromatic N) is 2. The average molecular weight is 329 g/mol. The Hall–Kier alpha value is -1.88. The molecule has 0 aromatic heterocycles. The van der Waals surface area contributed by atoms with Crippen LogP contribution in [0.15, 0.2) is 24.3 Å². The Balaban J connectivity index is 1.60. The first-order valence-corrected chi connectivity index (χ1v) is 8.95. The largest absolute Gasteiger partial charge is 0.341 e. The summed E-state index contributed by atoms with van der Waals surface area (Å²) in [5, 5.41) is 0. The Bertz CT molecular complexity index is 616. The van der Waals surface area contributed by atoms with Crippen LogP contribution in [0.3, 0.4) is 0 Å². The number of carbonyl (C=O) groups excluding carboxylic acids is 2. The molecule has 1 aromatic rings. The number of nitrogens with two attached hydrogens (primary N) is 1. The second kappa shape index (κ2) is 7.34. The molecular weight excluding hydrogens is 302 g/mol. The molecule has 2 N–H and O–H groups in total. The topological polar surface area (TPSA) is 66.6 Å². The van der Waals surface area contributed by atoms with E-state index < -0.39 is 0 Å². The van der Waals surface area contributed by atoms with Crippen LogP contribution in [-0.2, 0) is 4.79 Å². The summed E-state index contributed by atoms with van der Waals surface area (Å²) in [6, 6.07) is 7.87. The van der Waals surface area contributed by atoms with Crippen LogP contribution in [0.4, 0.5) is 0 Å². The first kappa shape index (κ1) is 17.0. The summed E-state index contributed by atoms with van der Waals surface area (Å²) in [6.07, 6.45) is 3.49. The molecule has 1 heterocycles. The van der Waals surface area contributed by atoms with E-state index in [0.29, 0.717) is 19.6 Å². The van der Waals surface area contributed by atoms with E-state index in [1.54, 1.807) is 0 Å². The SMILES string of the molecule is Cc1cccc(C(=O)N2CCCN(C(=O)C3CCC(N)C3)CC2)c1. The minimum atomic E-state index is 0.0656. The highest BCUT2D eigenvalue weighted by Gasteiger charge is 2.32. The summed E-state index contributed by atoms with van der Waals surface area (Å²) < 4.78 is 0. The maximum Gasteiger partial charge on any atom is 0.253 e. The van der Waals surface area contributed by atoms with Gasteiger partial charge < -0.3 is 15.5 Å². The molecule has 130 valence electrons. The van der Waals surface area contributed by atoms with Crippen LogP contribution in [0.5, 0.6) is 0 Å². The lowest BCUT2D eigenvalue weighted by atomic mass is 10.1. The number of carbonyl (C=O) groups is 2. The van der Waals surface area contributed by atoms with Crippen molar-refractivity contribution in [3.8, 4) is 0 Å². The van der Waals surface area contributed by atoms with Gasteiger partial charge in [-0.1, -0.05) is 17.7 Å². The lowest BCUT2D eigenvalue weighted by Crippen LogP contribution is -2.39. The van der Waals surface area contributed by atoms with Gasteiger partial charge in [0.25, 0.3) is 5.91 Å². The molecule has 0 radical (unpaired) electrons. The lowest BCUT2D eigenvalue weighted by molar-refractivity contribution is -0.135. The first-order chi connectivity index (χ1) is 11.5. The third kappa shape index (κ3) is 3.78. The second-order valence-electron chi connectivity index (χ2n) is 7.11. The number of rotatable bonds is 2. The van der Waals surface area contributed by atoms with Crippen molar-refractivity contribution in [1.82, 2.24) is 9.80 Å². The van der Waals surface area contributed by atoms with Crippen molar-refractivity contribution in [2.24, 2.45) is 11.7 Å². The van der Waals surface area contributed by atoms with Crippen LogP contribution < -0.4 is 5.73 Å². The number of amides is 2. The van der Waals surface area contributed by atoms with Gasteiger partial charge in [0, 0.05) is 43.7 Å². The molecule has 1 saturated heterocycles. The van der Waals surface area contributed by atoms with Gasteiger partial charge in [0.05, 0.1) is 0 Å². The molecule has 5 heteroatoms. The predicted octanol–water partition coefficient (Wildman–Crippen LogP) is 1.80. The minimum absolute atomic E-state index is 0.0656. The maximum absolute atomic E-state index is 12.7. The summed E-state index contributed by atoms with van der Waals surface area (Å²) in [6.45, 7) is 4.67. The predicted molar refractivity (Wildman–Crippen MR) is 93.6 cm³/mol. The summed E-state index contributed by atoms with van der Waals surface area (Å²) >= 11 is 0. The molecule has 0 spiro atoms. The Morgan fingerprint density at radius 3 is 2.54 bits per heavy atom. The molecule has 3 rings (SSSR count). The minimum Gasteiger partial charge on any atom is -0.341 e. The smallest absolute Gasteiger partial charge is 0.253 e. The third-order valence-corrected chi connectivity index (χ3v) is 5.18.